The molecule has 1 aliphatic rings. The van der Waals surface area contributed by atoms with Gasteiger partial charge < -0.3 is 14.6 Å². The predicted octanol–water partition coefficient (Wildman–Crippen LogP) is 3.55. The minimum Gasteiger partial charge on any atom is -0.493 e. The number of nitrogens with zero attached hydrogens (tertiary/aromatic N) is 1. The second-order valence-electron chi connectivity index (χ2n) is 6.61. The number of aliphatic carboxylic acids is 1. The van der Waals surface area contributed by atoms with Gasteiger partial charge in [-0.05, 0) is 64.3 Å². The summed E-state index contributed by atoms with van der Waals surface area (Å²) in [7, 11) is 1.35. The molecular formula is C21H16BrClN2O7. The van der Waals surface area contributed by atoms with Gasteiger partial charge in [-0.1, -0.05) is 17.7 Å². The lowest BCUT2D eigenvalue weighted by Crippen LogP contribution is -2.54. The number of amides is 4. The van der Waals surface area contributed by atoms with Crippen molar-refractivity contribution < 1.29 is 33.8 Å². The summed E-state index contributed by atoms with van der Waals surface area (Å²) in [5.41, 5.74) is 0.926. The van der Waals surface area contributed by atoms with Gasteiger partial charge in [0.05, 0.1) is 17.3 Å². The molecule has 32 heavy (non-hydrogen) atoms. The fraction of sp³-hybridized carbons (Fsp3) is 0.143. The number of halogens is 2. The minimum absolute atomic E-state index is 0.142. The zero-order valence-corrected chi connectivity index (χ0v) is 19.1. The van der Waals surface area contributed by atoms with E-state index in [9.17, 15) is 19.2 Å². The first kappa shape index (κ1) is 23.3. The molecule has 2 aromatic rings. The Kier molecular flexibility index (Phi) is 6.85. The van der Waals surface area contributed by atoms with Crippen LogP contribution in [-0.4, -0.2) is 42.6 Å². The molecule has 0 spiro atoms. The van der Waals surface area contributed by atoms with Crippen molar-refractivity contribution in [3.05, 3.63) is 56.5 Å². The highest BCUT2D eigenvalue weighted by atomic mass is 79.9. The molecule has 0 atom stereocenters. The average Bonchev–Trinajstić information content (AvgIpc) is 2.72. The molecule has 2 N–H and O–H groups in total. The van der Waals surface area contributed by atoms with E-state index in [1.54, 1.807) is 19.1 Å². The van der Waals surface area contributed by atoms with Crippen LogP contribution in [0.4, 0.5) is 10.5 Å². The Morgan fingerprint density at radius 1 is 1.25 bits per heavy atom. The van der Waals surface area contributed by atoms with Gasteiger partial charge in [0.25, 0.3) is 11.8 Å². The maximum atomic E-state index is 13.1. The largest absolute Gasteiger partial charge is 0.493 e. The minimum atomic E-state index is -1.17. The van der Waals surface area contributed by atoms with Crippen molar-refractivity contribution >= 4 is 63.1 Å². The van der Waals surface area contributed by atoms with Gasteiger partial charge in [-0.3, -0.25) is 14.9 Å². The fourth-order valence-electron chi connectivity index (χ4n) is 2.96. The average molecular weight is 524 g/mol. The van der Waals surface area contributed by atoms with Crippen LogP contribution in [0.3, 0.4) is 0 Å². The Labute approximate surface area is 195 Å². The van der Waals surface area contributed by atoms with Crippen molar-refractivity contribution in [2.45, 2.75) is 6.92 Å². The van der Waals surface area contributed by atoms with Gasteiger partial charge in [0.1, 0.15) is 5.57 Å². The predicted molar refractivity (Wildman–Crippen MR) is 119 cm³/mol. The Bertz CT molecular complexity index is 1180. The number of benzene rings is 2. The molecule has 2 aromatic carbocycles. The smallest absolute Gasteiger partial charge is 0.341 e. The maximum absolute atomic E-state index is 13.1. The molecular weight excluding hydrogens is 508 g/mol. The van der Waals surface area contributed by atoms with E-state index in [0.29, 0.717) is 20.6 Å². The van der Waals surface area contributed by atoms with E-state index in [4.69, 9.17) is 26.2 Å². The highest BCUT2D eigenvalue weighted by Crippen LogP contribution is 2.37. The number of hydrogen-bond donors (Lipinski definition) is 2. The van der Waals surface area contributed by atoms with Crippen LogP contribution in [-0.2, 0) is 14.4 Å². The molecule has 9 nitrogen and oxygen atoms in total. The summed E-state index contributed by atoms with van der Waals surface area (Å²) in [4.78, 5) is 49.6. The number of aryl methyl sites for hydroxylation is 1. The molecule has 0 saturated carbocycles. The number of nitrogens with one attached hydrogen (secondary N) is 1. The van der Waals surface area contributed by atoms with Crippen LogP contribution in [0.1, 0.15) is 11.1 Å². The number of hydrogen-bond acceptors (Lipinski definition) is 6. The molecule has 1 fully saturated rings. The summed E-state index contributed by atoms with van der Waals surface area (Å²) in [5, 5.41) is 11.3. The lowest BCUT2D eigenvalue weighted by Gasteiger charge is -2.27. The number of carboxylic acid groups (broad SMARTS) is 1. The highest BCUT2D eigenvalue weighted by Gasteiger charge is 2.37. The lowest BCUT2D eigenvalue weighted by molar-refractivity contribution is -0.139. The van der Waals surface area contributed by atoms with Crippen LogP contribution >= 0.6 is 27.5 Å². The van der Waals surface area contributed by atoms with Crippen LogP contribution < -0.4 is 19.7 Å². The van der Waals surface area contributed by atoms with E-state index in [2.05, 4.69) is 21.2 Å². The van der Waals surface area contributed by atoms with E-state index in [-0.39, 0.29) is 22.8 Å². The normalized spacial score (nSPS) is 15.1. The summed E-state index contributed by atoms with van der Waals surface area (Å²) >= 11 is 9.29. The first-order valence-electron chi connectivity index (χ1n) is 9.02. The van der Waals surface area contributed by atoms with Crippen molar-refractivity contribution in [3.8, 4) is 11.5 Å². The standard InChI is InChI=1S/C21H16BrClN2O7/c1-10-3-4-12(23)8-15(10)25-20(29)13(19(28)24-21(25)30)5-11-6-14(22)18(16(7-11)31-2)32-9-17(26)27/h3-8H,9H2,1-2H3,(H,26,27)(H,24,28,30)/b13-5-. The van der Waals surface area contributed by atoms with Gasteiger partial charge in [0.15, 0.2) is 18.1 Å². The fourth-order valence-corrected chi connectivity index (χ4v) is 3.70. The van der Waals surface area contributed by atoms with Crippen LogP contribution in [0.2, 0.25) is 5.02 Å². The van der Waals surface area contributed by atoms with E-state index in [1.807, 2.05) is 0 Å². The first-order chi connectivity index (χ1) is 15.1. The number of carboxylic acids is 1. The first-order valence-corrected chi connectivity index (χ1v) is 10.2. The van der Waals surface area contributed by atoms with Crippen LogP contribution in [0.5, 0.6) is 11.5 Å². The van der Waals surface area contributed by atoms with Crippen LogP contribution in [0, 0.1) is 6.92 Å². The molecule has 4 amide bonds. The van der Waals surface area contributed by atoms with Gasteiger partial charge in [0.2, 0.25) is 0 Å². The molecule has 1 saturated heterocycles. The molecule has 3 rings (SSSR count). The Balaban J connectivity index is 2.03. The number of ether oxygens (including phenoxy) is 2. The SMILES string of the molecule is COc1cc(/C=C2/C(=O)NC(=O)N(c3cc(Cl)ccc3C)C2=O)cc(Br)c1OCC(=O)O. The third kappa shape index (κ3) is 4.76. The van der Waals surface area contributed by atoms with Gasteiger partial charge in [-0.15, -0.1) is 0 Å². The van der Waals surface area contributed by atoms with E-state index < -0.39 is 30.4 Å². The Morgan fingerprint density at radius 3 is 2.62 bits per heavy atom. The third-order valence-corrected chi connectivity index (χ3v) is 5.24. The molecule has 0 aliphatic carbocycles. The molecule has 11 heteroatoms. The lowest BCUT2D eigenvalue weighted by atomic mass is 10.1. The molecule has 1 aliphatic heterocycles. The van der Waals surface area contributed by atoms with E-state index in [0.717, 1.165) is 4.90 Å². The number of barbiturate groups is 1. The molecule has 1 heterocycles. The summed E-state index contributed by atoms with van der Waals surface area (Å²) in [6.45, 7) is 1.11. The monoisotopic (exact) mass is 522 g/mol. The molecule has 0 unspecified atom stereocenters. The number of anilines is 1. The Morgan fingerprint density at radius 2 is 1.97 bits per heavy atom. The van der Waals surface area contributed by atoms with Gasteiger partial charge in [-0.25, -0.2) is 14.5 Å². The topological polar surface area (TPSA) is 122 Å². The summed E-state index contributed by atoms with van der Waals surface area (Å²) < 4.78 is 10.8. The zero-order chi connectivity index (χ0) is 23.6. The van der Waals surface area contributed by atoms with Crippen LogP contribution in [0.25, 0.3) is 6.08 Å². The summed E-state index contributed by atoms with van der Waals surface area (Å²) in [5.74, 6) is -2.55. The second kappa shape index (κ2) is 9.41. The van der Waals surface area contributed by atoms with E-state index in [1.165, 1.54) is 31.4 Å². The van der Waals surface area contributed by atoms with Gasteiger partial charge >= 0.3 is 12.0 Å². The molecule has 0 aromatic heterocycles. The Hall–Kier alpha value is -3.37. The second-order valence-corrected chi connectivity index (χ2v) is 7.90. The third-order valence-electron chi connectivity index (χ3n) is 4.42. The zero-order valence-electron chi connectivity index (χ0n) is 16.8. The summed E-state index contributed by atoms with van der Waals surface area (Å²) in [6, 6.07) is 6.80. The van der Waals surface area contributed by atoms with E-state index >= 15 is 0 Å². The van der Waals surface area contributed by atoms with Crippen molar-refractivity contribution in [2.24, 2.45) is 0 Å². The van der Waals surface area contributed by atoms with Crippen molar-refractivity contribution in [3.63, 3.8) is 0 Å². The van der Waals surface area contributed by atoms with Crippen molar-refractivity contribution in [2.75, 3.05) is 18.6 Å². The number of carbonyl (C=O) groups is 4. The highest BCUT2D eigenvalue weighted by molar-refractivity contribution is 9.10. The van der Waals surface area contributed by atoms with Gasteiger partial charge in [-0.2, -0.15) is 0 Å². The molecule has 0 radical (unpaired) electrons. The van der Waals surface area contributed by atoms with Crippen molar-refractivity contribution in [1.29, 1.82) is 0 Å². The number of urea groups is 1. The molecule has 166 valence electrons. The maximum Gasteiger partial charge on any atom is 0.341 e. The summed E-state index contributed by atoms with van der Waals surface area (Å²) in [6.07, 6.45) is 1.28. The van der Waals surface area contributed by atoms with Crippen molar-refractivity contribution in [1.82, 2.24) is 5.32 Å². The number of methoxy groups -OCH3 is 1. The number of carbonyl (C=O) groups excluding carboxylic acids is 3. The number of rotatable bonds is 6. The molecule has 0 bridgehead atoms. The van der Waals surface area contributed by atoms with Gasteiger partial charge in [0, 0.05) is 5.02 Å². The number of imide groups is 2. The van der Waals surface area contributed by atoms with Crippen LogP contribution in [0.15, 0.2) is 40.4 Å². The quantitative estimate of drug-likeness (QED) is 0.438.